The Bertz CT molecular complexity index is 818. The summed E-state index contributed by atoms with van der Waals surface area (Å²) in [4.78, 5) is 9.92. The van der Waals surface area contributed by atoms with Gasteiger partial charge in [-0.3, -0.25) is 9.80 Å². The molecule has 0 saturated carbocycles. The number of aryl methyl sites for hydroxylation is 1. The molecule has 0 unspecified atom stereocenters. The smallest absolute Gasteiger partial charge is 0.123 e. The van der Waals surface area contributed by atoms with Crippen LogP contribution in [0.25, 0.3) is 10.6 Å². The first kappa shape index (κ1) is 17.4. The molecule has 0 radical (unpaired) electrons. The van der Waals surface area contributed by atoms with E-state index in [0.29, 0.717) is 0 Å². The Morgan fingerprint density at radius 1 is 0.846 bits per heavy atom. The van der Waals surface area contributed by atoms with Gasteiger partial charge in [0.1, 0.15) is 5.01 Å². The summed E-state index contributed by atoms with van der Waals surface area (Å²) in [6, 6.07) is 19.4. The molecule has 4 heteroatoms. The van der Waals surface area contributed by atoms with Gasteiger partial charge in [0.2, 0.25) is 0 Å². The van der Waals surface area contributed by atoms with Gasteiger partial charge in [-0.25, -0.2) is 4.98 Å². The van der Waals surface area contributed by atoms with Gasteiger partial charge in [0.25, 0.3) is 0 Å². The van der Waals surface area contributed by atoms with Crippen molar-refractivity contribution in [1.82, 2.24) is 14.8 Å². The molecule has 2 heterocycles. The zero-order valence-corrected chi connectivity index (χ0v) is 16.1. The lowest BCUT2D eigenvalue weighted by Gasteiger charge is -2.34. The van der Waals surface area contributed by atoms with Crippen LogP contribution >= 0.6 is 11.3 Å². The van der Waals surface area contributed by atoms with Crippen molar-refractivity contribution in [3.05, 3.63) is 76.8 Å². The number of piperazine rings is 1. The number of rotatable bonds is 5. The quantitative estimate of drug-likeness (QED) is 0.668. The van der Waals surface area contributed by atoms with Crippen molar-refractivity contribution in [3.63, 3.8) is 0 Å². The second-order valence-corrected chi connectivity index (χ2v) is 7.91. The highest BCUT2D eigenvalue weighted by molar-refractivity contribution is 7.13. The summed E-state index contributed by atoms with van der Waals surface area (Å²) in [5.74, 6) is 0. The topological polar surface area (TPSA) is 19.4 Å². The van der Waals surface area contributed by atoms with Crippen LogP contribution in [-0.2, 0) is 13.1 Å². The number of aromatic nitrogens is 1. The lowest BCUT2D eigenvalue weighted by molar-refractivity contribution is 0.121. The third-order valence-corrected chi connectivity index (χ3v) is 5.89. The molecule has 0 amide bonds. The summed E-state index contributed by atoms with van der Waals surface area (Å²) in [5, 5.41) is 3.34. The van der Waals surface area contributed by atoms with Crippen LogP contribution in [0.1, 0.15) is 16.8 Å². The Balaban J connectivity index is 1.30. The molecule has 1 saturated heterocycles. The maximum atomic E-state index is 4.85. The van der Waals surface area contributed by atoms with Crippen molar-refractivity contribution in [2.45, 2.75) is 20.0 Å². The minimum atomic E-state index is 0.960. The van der Waals surface area contributed by atoms with Gasteiger partial charge >= 0.3 is 0 Å². The molecule has 4 rings (SSSR count). The molecule has 0 spiro atoms. The van der Waals surface area contributed by atoms with E-state index in [1.165, 1.54) is 22.4 Å². The van der Waals surface area contributed by atoms with Crippen molar-refractivity contribution in [1.29, 1.82) is 0 Å². The number of nitrogens with zero attached hydrogens (tertiary/aromatic N) is 3. The van der Waals surface area contributed by atoms with Crippen LogP contribution in [-0.4, -0.2) is 41.0 Å². The first-order valence-corrected chi connectivity index (χ1v) is 10.1. The molecule has 0 N–H and O–H groups in total. The van der Waals surface area contributed by atoms with Gasteiger partial charge in [-0.05, 0) is 12.5 Å². The SMILES string of the molecule is Cc1ccc(-c2nc(CN3CCN(Cc4ccccc4)CC3)cs2)cc1. The number of hydrogen-bond donors (Lipinski definition) is 0. The van der Waals surface area contributed by atoms with E-state index < -0.39 is 0 Å². The number of benzene rings is 2. The van der Waals surface area contributed by atoms with E-state index in [4.69, 9.17) is 4.98 Å². The molecule has 3 aromatic rings. The van der Waals surface area contributed by atoms with Crippen LogP contribution in [0, 0.1) is 6.92 Å². The summed E-state index contributed by atoms with van der Waals surface area (Å²) in [5.41, 5.74) is 5.11. The molecular formula is C22H25N3S. The fourth-order valence-electron chi connectivity index (χ4n) is 3.38. The average molecular weight is 364 g/mol. The summed E-state index contributed by atoms with van der Waals surface area (Å²) < 4.78 is 0. The van der Waals surface area contributed by atoms with Gasteiger partial charge in [-0.1, -0.05) is 60.2 Å². The highest BCUT2D eigenvalue weighted by Gasteiger charge is 2.18. The van der Waals surface area contributed by atoms with Crippen molar-refractivity contribution >= 4 is 11.3 Å². The molecule has 3 nitrogen and oxygen atoms in total. The van der Waals surface area contributed by atoms with Crippen LogP contribution in [0.2, 0.25) is 0 Å². The molecule has 26 heavy (non-hydrogen) atoms. The summed E-state index contributed by atoms with van der Waals surface area (Å²) in [6.45, 7) is 8.63. The number of thiazole rings is 1. The zero-order valence-electron chi connectivity index (χ0n) is 15.3. The number of hydrogen-bond acceptors (Lipinski definition) is 4. The molecule has 2 aromatic carbocycles. The van der Waals surface area contributed by atoms with Gasteiger partial charge in [0, 0.05) is 50.2 Å². The van der Waals surface area contributed by atoms with Gasteiger partial charge in [-0.2, -0.15) is 0 Å². The van der Waals surface area contributed by atoms with Crippen molar-refractivity contribution in [2.75, 3.05) is 26.2 Å². The van der Waals surface area contributed by atoms with Crippen molar-refractivity contribution in [2.24, 2.45) is 0 Å². The molecule has 1 aromatic heterocycles. The molecule has 1 aliphatic heterocycles. The normalized spacial score (nSPS) is 16.0. The van der Waals surface area contributed by atoms with Crippen LogP contribution in [0.4, 0.5) is 0 Å². The second-order valence-electron chi connectivity index (χ2n) is 7.05. The van der Waals surface area contributed by atoms with Crippen LogP contribution in [0.3, 0.4) is 0 Å². The molecule has 0 aliphatic carbocycles. The van der Waals surface area contributed by atoms with Crippen LogP contribution in [0.15, 0.2) is 60.0 Å². The largest absolute Gasteiger partial charge is 0.297 e. The maximum Gasteiger partial charge on any atom is 0.123 e. The minimum absolute atomic E-state index is 0.960. The van der Waals surface area contributed by atoms with E-state index in [1.807, 2.05) is 0 Å². The second kappa shape index (κ2) is 8.12. The molecule has 1 aliphatic rings. The molecule has 0 bridgehead atoms. The summed E-state index contributed by atoms with van der Waals surface area (Å²) in [6.07, 6.45) is 0. The van der Waals surface area contributed by atoms with E-state index in [9.17, 15) is 0 Å². The van der Waals surface area contributed by atoms with Gasteiger partial charge in [-0.15, -0.1) is 11.3 Å². The van der Waals surface area contributed by atoms with Crippen LogP contribution in [0.5, 0.6) is 0 Å². The van der Waals surface area contributed by atoms with E-state index >= 15 is 0 Å². The highest BCUT2D eigenvalue weighted by Crippen LogP contribution is 2.24. The van der Waals surface area contributed by atoms with E-state index in [-0.39, 0.29) is 0 Å². The van der Waals surface area contributed by atoms with Gasteiger partial charge < -0.3 is 0 Å². The molecule has 1 fully saturated rings. The monoisotopic (exact) mass is 363 g/mol. The third kappa shape index (κ3) is 4.39. The fraction of sp³-hybridized carbons (Fsp3) is 0.318. The molecule has 0 atom stereocenters. The Hall–Kier alpha value is -2.01. The standard InChI is InChI=1S/C22H25N3S/c1-18-7-9-20(10-8-18)22-23-21(17-26-22)16-25-13-11-24(12-14-25)15-19-5-3-2-4-6-19/h2-10,17H,11-16H2,1H3. The fourth-order valence-corrected chi connectivity index (χ4v) is 4.20. The van der Waals surface area contributed by atoms with Crippen molar-refractivity contribution < 1.29 is 0 Å². The van der Waals surface area contributed by atoms with Crippen molar-refractivity contribution in [3.8, 4) is 10.6 Å². The van der Waals surface area contributed by atoms with E-state index in [2.05, 4.69) is 76.7 Å². The predicted octanol–water partition coefficient (Wildman–Crippen LogP) is 4.44. The van der Waals surface area contributed by atoms with E-state index in [1.54, 1.807) is 11.3 Å². The van der Waals surface area contributed by atoms with E-state index in [0.717, 1.165) is 44.3 Å². The first-order valence-electron chi connectivity index (χ1n) is 9.26. The Morgan fingerprint density at radius 2 is 1.50 bits per heavy atom. The molecule has 134 valence electrons. The predicted molar refractivity (Wildman–Crippen MR) is 109 cm³/mol. The summed E-state index contributed by atoms with van der Waals surface area (Å²) >= 11 is 1.75. The highest BCUT2D eigenvalue weighted by atomic mass is 32.1. The maximum absolute atomic E-state index is 4.85. The lowest BCUT2D eigenvalue weighted by atomic mass is 10.2. The van der Waals surface area contributed by atoms with Gasteiger partial charge in [0.05, 0.1) is 5.69 Å². The average Bonchev–Trinajstić information content (AvgIpc) is 3.13. The lowest BCUT2D eigenvalue weighted by Crippen LogP contribution is -2.45. The third-order valence-electron chi connectivity index (χ3n) is 4.95. The Morgan fingerprint density at radius 3 is 2.19 bits per heavy atom. The Kier molecular flexibility index (Phi) is 5.44. The van der Waals surface area contributed by atoms with Crippen LogP contribution < -0.4 is 0 Å². The zero-order chi connectivity index (χ0) is 17.8. The molecular weight excluding hydrogens is 338 g/mol. The minimum Gasteiger partial charge on any atom is -0.297 e. The van der Waals surface area contributed by atoms with Gasteiger partial charge in [0.15, 0.2) is 0 Å². The Labute approximate surface area is 159 Å². The summed E-state index contributed by atoms with van der Waals surface area (Å²) in [7, 11) is 0. The first-order chi connectivity index (χ1) is 12.8.